The minimum Gasteiger partial charge on any atom is -0.301 e. The molecule has 8 heteroatoms. The van der Waals surface area contributed by atoms with Gasteiger partial charge in [0, 0.05) is 61.9 Å². The summed E-state index contributed by atoms with van der Waals surface area (Å²) in [4.78, 5) is 19.6. The Kier molecular flexibility index (Phi) is 6.00. The van der Waals surface area contributed by atoms with Crippen molar-refractivity contribution in [3.05, 3.63) is 66.5 Å². The number of fused-ring (bicyclic) bond motifs is 1. The van der Waals surface area contributed by atoms with Gasteiger partial charge in [0.2, 0.25) is 0 Å². The van der Waals surface area contributed by atoms with E-state index in [9.17, 15) is 9.18 Å². The molecule has 0 aliphatic carbocycles. The first-order valence-electron chi connectivity index (χ1n) is 11.3. The summed E-state index contributed by atoms with van der Waals surface area (Å²) in [6.07, 6.45) is 11.2. The fourth-order valence-electron chi connectivity index (χ4n) is 4.51. The molecule has 7 nitrogen and oxygen atoms in total. The van der Waals surface area contributed by atoms with Crippen LogP contribution in [-0.4, -0.2) is 61.5 Å². The number of Topliss-reactive ketones (excluding diaryl/α,β-unsaturated/α-hetero) is 1. The Hall–Kier alpha value is -3.39. The molecule has 4 aromatic rings. The summed E-state index contributed by atoms with van der Waals surface area (Å²) in [5.41, 5.74) is 3.48. The van der Waals surface area contributed by atoms with Crippen LogP contribution in [-0.2, 0) is 13.5 Å². The summed E-state index contributed by atoms with van der Waals surface area (Å²) in [5.74, 6) is 0.00591. The molecular formula is C25H27FN6O. The minimum absolute atomic E-state index is 0.00591. The molecule has 4 heterocycles. The zero-order valence-electron chi connectivity index (χ0n) is 18.7. The fourth-order valence-corrected chi connectivity index (χ4v) is 4.51. The Labute approximate surface area is 191 Å². The Morgan fingerprint density at radius 3 is 2.64 bits per heavy atom. The number of halogens is 1. The van der Waals surface area contributed by atoms with Gasteiger partial charge in [0.25, 0.3) is 0 Å². The Balaban J connectivity index is 1.28. The van der Waals surface area contributed by atoms with Crippen molar-refractivity contribution in [1.29, 1.82) is 0 Å². The van der Waals surface area contributed by atoms with Crippen molar-refractivity contribution < 1.29 is 9.18 Å². The monoisotopic (exact) mass is 446 g/mol. The summed E-state index contributed by atoms with van der Waals surface area (Å²) in [5, 5.41) is 10.8. The molecule has 1 aliphatic rings. The van der Waals surface area contributed by atoms with Crippen molar-refractivity contribution in [2.45, 2.75) is 25.3 Å². The van der Waals surface area contributed by atoms with Crippen LogP contribution < -0.4 is 0 Å². The molecule has 1 aromatic carbocycles. The number of nitrogens with zero attached hydrogens (tertiary/aromatic N) is 6. The van der Waals surface area contributed by atoms with Gasteiger partial charge in [0.15, 0.2) is 5.78 Å². The van der Waals surface area contributed by atoms with E-state index in [1.165, 1.54) is 0 Å². The van der Waals surface area contributed by atoms with Crippen molar-refractivity contribution in [3.8, 4) is 11.1 Å². The average Bonchev–Trinajstić information content (AvgIpc) is 3.49. The van der Waals surface area contributed by atoms with Crippen LogP contribution >= 0.6 is 0 Å². The average molecular weight is 447 g/mol. The van der Waals surface area contributed by atoms with Gasteiger partial charge in [-0.2, -0.15) is 10.2 Å². The van der Waals surface area contributed by atoms with Gasteiger partial charge >= 0.3 is 0 Å². The molecule has 0 amide bonds. The van der Waals surface area contributed by atoms with Crippen LogP contribution in [0.15, 0.2) is 55.2 Å². The number of pyridine rings is 1. The van der Waals surface area contributed by atoms with E-state index in [-0.39, 0.29) is 24.9 Å². The van der Waals surface area contributed by atoms with Crippen molar-refractivity contribution in [3.63, 3.8) is 0 Å². The first-order chi connectivity index (χ1) is 16.1. The van der Waals surface area contributed by atoms with Crippen LogP contribution in [0.2, 0.25) is 0 Å². The molecule has 0 N–H and O–H groups in total. The molecule has 170 valence electrons. The van der Waals surface area contributed by atoms with E-state index in [0.717, 1.165) is 53.5 Å². The first kappa shape index (κ1) is 21.5. The third kappa shape index (κ3) is 4.71. The predicted octanol–water partition coefficient (Wildman–Crippen LogP) is 3.86. The smallest absolute Gasteiger partial charge is 0.171 e. The van der Waals surface area contributed by atoms with Crippen molar-refractivity contribution >= 4 is 16.6 Å². The van der Waals surface area contributed by atoms with Gasteiger partial charge in [-0.05, 0) is 35.9 Å². The molecule has 0 spiro atoms. The molecular weight excluding hydrogens is 419 g/mol. The number of aromatic nitrogens is 5. The largest absolute Gasteiger partial charge is 0.301 e. The maximum Gasteiger partial charge on any atom is 0.171 e. The van der Waals surface area contributed by atoms with Crippen LogP contribution in [0, 0.1) is 0 Å². The fraction of sp³-hybridized carbons (Fsp3) is 0.360. The van der Waals surface area contributed by atoms with Crippen LogP contribution in [0.3, 0.4) is 0 Å². The molecule has 1 aliphatic heterocycles. The van der Waals surface area contributed by atoms with Crippen LogP contribution in [0.25, 0.3) is 21.9 Å². The standard InChI is InChI=1S/C25H27FN6O/c1-30-16-21(14-28-30)18-2-3-19-13-27-23(11-20(19)10-18)12-25(33)22-15-29-32(17-22)24-4-7-31(8-5-24)9-6-26/h2-3,10-11,13-17,24H,4-9,12H2,1H3. The number of aryl methyl sites for hydroxylation is 1. The molecule has 0 radical (unpaired) electrons. The van der Waals surface area contributed by atoms with Gasteiger partial charge in [0.1, 0.15) is 6.67 Å². The number of carbonyl (C=O) groups excluding carboxylic acids is 1. The van der Waals surface area contributed by atoms with E-state index in [4.69, 9.17) is 0 Å². The molecule has 5 rings (SSSR count). The Bertz CT molecular complexity index is 1270. The van der Waals surface area contributed by atoms with Gasteiger partial charge in [-0.15, -0.1) is 0 Å². The zero-order valence-corrected chi connectivity index (χ0v) is 18.7. The summed E-state index contributed by atoms with van der Waals surface area (Å²) in [6, 6.07) is 8.45. The lowest BCUT2D eigenvalue weighted by Crippen LogP contribution is -2.36. The summed E-state index contributed by atoms with van der Waals surface area (Å²) >= 11 is 0. The zero-order chi connectivity index (χ0) is 22.8. The first-order valence-corrected chi connectivity index (χ1v) is 11.3. The number of benzene rings is 1. The second-order valence-electron chi connectivity index (χ2n) is 8.71. The highest BCUT2D eigenvalue weighted by atomic mass is 19.1. The van der Waals surface area contributed by atoms with E-state index in [0.29, 0.717) is 12.1 Å². The van der Waals surface area contributed by atoms with Gasteiger partial charge in [-0.1, -0.05) is 12.1 Å². The number of carbonyl (C=O) groups is 1. The molecule has 0 unspecified atom stereocenters. The lowest BCUT2D eigenvalue weighted by molar-refractivity contribution is 0.0991. The topological polar surface area (TPSA) is 68.8 Å². The van der Waals surface area contributed by atoms with E-state index >= 15 is 0 Å². The van der Waals surface area contributed by atoms with Gasteiger partial charge in [-0.25, -0.2) is 4.39 Å². The lowest BCUT2D eigenvalue weighted by Gasteiger charge is -2.31. The second-order valence-corrected chi connectivity index (χ2v) is 8.71. The summed E-state index contributed by atoms with van der Waals surface area (Å²) in [7, 11) is 1.90. The molecule has 1 fully saturated rings. The molecule has 0 bridgehead atoms. The molecule has 33 heavy (non-hydrogen) atoms. The quantitative estimate of drug-likeness (QED) is 0.403. The number of likely N-dealkylation sites (tertiary alicyclic amines) is 1. The van der Waals surface area contributed by atoms with Crippen molar-refractivity contribution in [2.24, 2.45) is 7.05 Å². The van der Waals surface area contributed by atoms with Crippen LogP contribution in [0.4, 0.5) is 4.39 Å². The number of ketones is 1. The molecule has 0 atom stereocenters. The third-order valence-corrected chi connectivity index (χ3v) is 6.41. The Morgan fingerprint density at radius 1 is 1.03 bits per heavy atom. The van der Waals surface area contributed by atoms with Crippen molar-refractivity contribution in [2.75, 3.05) is 26.3 Å². The van der Waals surface area contributed by atoms with E-state index in [1.54, 1.807) is 10.9 Å². The maximum absolute atomic E-state index is 12.9. The normalized spacial score (nSPS) is 15.3. The second kappa shape index (κ2) is 9.23. The SMILES string of the molecule is Cn1cc(-c2ccc3cnc(CC(=O)c4cnn(C5CCN(CCF)CC5)c4)cc3c2)cn1. The molecule has 1 saturated heterocycles. The van der Waals surface area contributed by atoms with Crippen LogP contribution in [0.5, 0.6) is 0 Å². The highest BCUT2D eigenvalue weighted by molar-refractivity contribution is 5.97. The number of alkyl halides is 1. The van der Waals surface area contributed by atoms with Gasteiger partial charge in [-0.3, -0.25) is 19.1 Å². The van der Waals surface area contributed by atoms with Gasteiger partial charge < -0.3 is 4.90 Å². The maximum atomic E-state index is 12.9. The number of hydrogen-bond donors (Lipinski definition) is 0. The van der Waals surface area contributed by atoms with Crippen molar-refractivity contribution in [1.82, 2.24) is 29.4 Å². The predicted molar refractivity (Wildman–Crippen MR) is 125 cm³/mol. The van der Waals surface area contributed by atoms with Gasteiger partial charge in [0.05, 0.1) is 30.4 Å². The molecule has 0 saturated carbocycles. The van der Waals surface area contributed by atoms with Crippen LogP contribution in [0.1, 0.15) is 34.9 Å². The summed E-state index contributed by atoms with van der Waals surface area (Å²) in [6.45, 7) is 1.91. The number of rotatable bonds is 7. The van der Waals surface area contributed by atoms with E-state index < -0.39 is 0 Å². The van der Waals surface area contributed by atoms with E-state index in [2.05, 4.69) is 32.2 Å². The number of piperidine rings is 1. The highest BCUT2D eigenvalue weighted by Crippen LogP contribution is 2.25. The minimum atomic E-state index is -0.307. The number of hydrogen-bond acceptors (Lipinski definition) is 5. The highest BCUT2D eigenvalue weighted by Gasteiger charge is 2.22. The van der Waals surface area contributed by atoms with E-state index in [1.807, 2.05) is 48.6 Å². The lowest BCUT2D eigenvalue weighted by atomic mass is 10.0. The Morgan fingerprint density at radius 2 is 1.88 bits per heavy atom. The summed E-state index contributed by atoms with van der Waals surface area (Å²) < 4.78 is 16.2. The molecule has 3 aromatic heterocycles. The third-order valence-electron chi connectivity index (χ3n) is 6.41.